The molecule has 6 rings (SSSR count). The monoisotopic (exact) mass is 430 g/mol. The highest BCUT2D eigenvalue weighted by Gasteiger charge is 2.15. The van der Waals surface area contributed by atoms with Gasteiger partial charge in [-0.25, -0.2) is 0 Å². The number of furan rings is 1. The van der Waals surface area contributed by atoms with Crippen LogP contribution in [0.5, 0.6) is 0 Å². The number of hydrogen-bond acceptors (Lipinski definition) is 1. The highest BCUT2D eigenvalue weighted by molar-refractivity contribution is 6.30. The topological polar surface area (TPSA) is 13.1 Å². The highest BCUT2D eigenvalue weighted by Crippen LogP contribution is 2.40. The van der Waals surface area contributed by atoms with E-state index in [1.807, 2.05) is 24.3 Å². The predicted molar refractivity (Wildman–Crippen MR) is 135 cm³/mol. The first kappa shape index (κ1) is 18.9. The number of halogens is 1. The Kier molecular flexibility index (Phi) is 4.56. The zero-order chi connectivity index (χ0) is 21.5. The fourth-order valence-electron chi connectivity index (χ4n) is 4.43. The van der Waals surface area contributed by atoms with E-state index >= 15 is 0 Å². The molecule has 0 N–H and O–H groups in total. The van der Waals surface area contributed by atoms with E-state index < -0.39 is 0 Å². The van der Waals surface area contributed by atoms with Crippen LogP contribution in [0.1, 0.15) is 0 Å². The SMILES string of the molecule is Clc1cccc(-c2cccc(-c3cccc4c3oc3c(-c5ccccc5)cccc34)c2)c1. The van der Waals surface area contributed by atoms with Gasteiger partial charge in [0.05, 0.1) is 0 Å². The van der Waals surface area contributed by atoms with Crippen LogP contribution in [0.4, 0.5) is 0 Å². The molecule has 0 aliphatic heterocycles. The van der Waals surface area contributed by atoms with Crippen LogP contribution in [0.15, 0.2) is 120 Å². The summed E-state index contributed by atoms with van der Waals surface area (Å²) in [7, 11) is 0. The van der Waals surface area contributed by atoms with E-state index in [0.717, 1.165) is 60.3 Å². The molecule has 0 unspecified atom stereocenters. The second kappa shape index (κ2) is 7.71. The lowest BCUT2D eigenvalue weighted by atomic mass is 9.97. The lowest BCUT2D eigenvalue weighted by molar-refractivity contribution is 0.671. The van der Waals surface area contributed by atoms with E-state index in [0.29, 0.717) is 0 Å². The number of para-hydroxylation sites is 2. The van der Waals surface area contributed by atoms with Gasteiger partial charge < -0.3 is 4.42 Å². The van der Waals surface area contributed by atoms with Crippen molar-refractivity contribution in [1.82, 2.24) is 0 Å². The summed E-state index contributed by atoms with van der Waals surface area (Å²) in [5.41, 5.74) is 8.53. The van der Waals surface area contributed by atoms with Crippen molar-refractivity contribution in [3.8, 4) is 33.4 Å². The average molecular weight is 431 g/mol. The van der Waals surface area contributed by atoms with Crippen molar-refractivity contribution < 1.29 is 4.42 Å². The predicted octanol–water partition coefficient (Wildman–Crippen LogP) is 9.24. The summed E-state index contributed by atoms with van der Waals surface area (Å²) in [5.74, 6) is 0. The van der Waals surface area contributed by atoms with Crippen LogP contribution in [-0.4, -0.2) is 0 Å². The first-order valence-electron chi connectivity index (χ1n) is 10.6. The minimum atomic E-state index is 0.737. The van der Waals surface area contributed by atoms with Crippen molar-refractivity contribution in [2.24, 2.45) is 0 Å². The molecule has 0 radical (unpaired) electrons. The molecular weight excluding hydrogens is 412 g/mol. The maximum atomic E-state index is 6.57. The first-order chi connectivity index (χ1) is 15.8. The molecule has 0 saturated heterocycles. The van der Waals surface area contributed by atoms with Crippen molar-refractivity contribution in [2.75, 3.05) is 0 Å². The Hall–Kier alpha value is -3.81. The van der Waals surface area contributed by atoms with Crippen LogP contribution in [0.2, 0.25) is 5.02 Å². The molecule has 1 aromatic heterocycles. The molecule has 0 aliphatic rings. The summed E-state index contributed by atoms with van der Waals surface area (Å²) in [4.78, 5) is 0. The maximum Gasteiger partial charge on any atom is 0.143 e. The van der Waals surface area contributed by atoms with Gasteiger partial charge in [-0.3, -0.25) is 0 Å². The quantitative estimate of drug-likeness (QED) is 0.272. The van der Waals surface area contributed by atoms with Crippen LogP contribution in [0.3, 0.4) is 0 Å². The molecule has 0 fully saturated rings. The van der Waals surface area contributed by atoms with Crippen LogP contribution < -0.4 is 0 Å². The van der Waals surface area contributed by atoms with Crippen LogP contribution in [-0.2, 0) is 0 Å². The minimum absolute atomic E-state index is 0.737. The molecule has 32 heavy (non-hydrogen) atoms. The summed E-state index contributed by atoms with van der Waals surface area (Å²) in [6, 6.07) is 39.6. The second-order valence-electron chi connectivity index (χ2n) is 7.92. The number of benzene rings is 5. The van der Waals surface area contributed by atoms with Crippen molar-refractivity contribution >= 4 is 33.5 Å². The number of hydrogen-bond donors (Lipinski definition) is 0. The molecule has 0 saturated carbocycles. The third-order valence-corrected chi connectivity index (χ3v) is 6.18. The average Bonchev–Trinajstić information content (AvgIpc) is 3.24. The summed E-state index contributed by atoms with van der Waals surface area (Å²) in [6.07, 6.45) is 0. The van der Waals surface area contributed by atoms with Crippen molar-refractivity contribution in [3.63, 3.8) is 0 Å². The van der Waals surface area contributed by atoms with Gasteiger partial charge in [-0.2, -0.15) is 0 Å². The van der Waals surface area contributed by atoms with E-state index in [9.17, 15) is 0 Å². The minimum Gasteiger partial charge on any atom is -0.455 e. The zero-order valence-electron chi connectivity index (χ0n) is 17.3. The third-order valence-electron chi connectivity index (χ3n) is 5.94. The van der Waals surface area contributed by atoms with E-state index in [4.69, 9.17) is 16.0 Å². The van der Waals surface area contributed by atoms with Gasteiger partial charge in [0.1, 0.15) is 11.2 Å². The van der Waals surface area contributed by atoms with Gasteiger partial charge in [0, 0.05) is 26.9 Å². The Morgan fingerprint density at radius 3 is 1.66 bits per heavy atom. The van der Waals surface area contributed by atoms with Crippen LogP contribution >= 0.6 is 11.6 Å². The smallest absolute Gasteiger partial charge is 0.143 e. The molecule has 0 amide bonds. The van der Waals surface area contributed by atoms with Gasteiger partial charge in [0.15, 0.2) is 0 Å². The first-order valence-corrected chi connectivity index (χ1v) is 11.0. The fraction of sp³-hybridized carbons (Fsp3) is 0. The Morgan fingerprint density at radius 1 is 0.438 bits per heavy atom. The molecule has 6 aromatic rings. The Balaban J connectivity index is 1.56. The molecule has 2 heteroatoms. The second-order valence-corrected chi connectivity index (χ2v) is 8.36. The van der Waals surface area contributed by atoms with E-state index in [1.54, 1.807) is 0 Å². The van der Waals surface area contributed by atoms with E-state index in [-0.39, 0.29) is 0 Å². The van der Waals surface area contributed by atoms with Crippen LogP contribution in [0.25, 0.3) is 55.3 Å². The lowest BCUT2D eigenvalue weighted by Gasteiger charge is -2.07. The largest absolute Gasteiger partial charge is 0.455 e. The number of fused-ring (bicyclic) bond motifs is 3. The van der Waals surface area contributed by atoms with Crippen molar-refractivity contribution in [1.29, 1.82) is 0 Å². The molecular formula is C30H19ClO. The Morgan fingerprint density at radius 2 is 0.969 bits per heavy atom. The fourth-order valence-corrected chi connectivity index (χ4v) is 4.62. The van der Waals surface area contributed by atoms with Crippen LogP contribution in [0, 0.1) is 0 Å². The molecule has 0 aliphatic carbocycles. The molecule has 0 bridgehead atoms. The third kappa shape index (κ3) is 3.19. The van der Waals surface area contributed by atoms with Gasteiger partial charge in [-0.15, -0.1) is 0 Å². The molecule has 0 spiro atoms. The summed E-state index contributed by atoms with van der Waals surface area (Å²) < 4.78 is 6.57. The van der Waals surface area contributed by atoms with Gasteiger partial charge in [-0.1, -0.05) is 109 Å². The highest BCUT2D eigenvalue weighted by atomic mass is 35.5. The number of rotatable bonds is 3. The van der Waals surface area contributed by atoms with E-state index in [1.165, 1.54) is 0 Å². The maximum absolute atomic E-state index is 6.57. The molecule has 1 nitrogen and oxygen atoms in total. The van der Waals surface area contributed by atoms with Gasteiger partial charge in [0.25, 0.3) is 0 Å². The Bertz CT molecular complexity index is 1580. The molecule has 0 atom stereocenters. The van der Waals surface area contributed by atoms with Gasteiger partial charge in [0.2, 0.25) is 0 Å². The van der Waals surface area contributed by atoms with Crippen molar-refractivity contribution in [2.45, 2.75) is 0 Å². The summed E-state index contributed by atoms with van der Waals surface area (Å²) in [6.45, 7) is 0. The lowest BCUT2D eigenvalue weighted by Crippen LogP contribution is -1.82. The molecule has 5 aromatic carbocycles. The van der Waals surface area contributed by atoms with E-state index in [2.05, 4.69) is 91.0 Å². The molecule has 1 heterocycles. The summed E-state index contributed by atoms with van der Waals surface area (Å²) >= 11 is 6.23. The van der Waals surface area contributed by atoms with Gasteiger partial charge >= 0.3 is 0 Å². The summed E-state index contributed by atoms with van der Waals surface area (Å²) in [5, 5.41) is 3.00. The van der Waals surface area contributed by atoms with Crippen molar-refractivity contribution in [3.05, 3.63) is 120 Å². The Labute approximate surface area is 191 Å². The van der Waals surface area contributed by atoms with Gasteiger partial charge in [-0.05, 0) is 40.5 Å². The standard InChI is InChI=1S/C30H19ClO/c31-24-13-5-11-22(19-24)21-10-4-12-23(18-21)26-15-7-17-28-27-16-6-14-25(29(27)32-30(26)28)20-8-2-1-3-9-20/h1-19H. The molecule has 152 valence electrons. The zero-order valence-corrected chi connectivity index (χ0v) is 18.0. The normalized spacial score (nSPS) is 11.3.